The number of nitrogens with one attached hydrogen (secondary N) is 1. The summed E-state index contributed by atoms with van der Waals surface area (Å²) in [6.07, 6.45) is 3.33. The van der Waals surface area contributed by atoms with Crippen LogP contribution in [-0.4, -0.2) is 46.9 Å². The molecule has 0 aliphatic heterocycles. The van der Waals surface area contributed by atoms with Gasteiger partial charge in [-0.15, -0.1) is 10.2 Å². The number of aromatic nitrogens is 7. The van der Waals surface area contributed by atoms with E-state index < -0.39 is 0 Å². The van der Waals surface area contributed by atoms with E-state index in [0.29, 0.717) is 13.1 Å². The highest BCUT2D eigenvalue weighted by molar-refractivity contribution is 5.60. The quantitative estimate of drug-likeness (QED) is 0.649. The van der Waals surface area contributed by atoms with Gasteiger partial charge in [-0.1, -0.05) is 17.3 Å². The molecular formula is C12H14N8O. The van der Waals surface area contributed by atoms with E-state index >= 15 is 0 Å². The van der Waals surface area contributed by atoms with E-state index in [1.165, 1.54) is 6.33 Å². The summed E-state index contributed by atoms with van der Waals surface area (Å²) < 4.78 is 3.19. The fraction of sp³-hybridized carbons (Fsp3) is 0.250. The summed E-state index contributed by atoms with van der Waals surface area (Å²) in [5, 5.41) is 31.2. The zero-order chi connectivity index (χ0) is 14.5. The van der Waals surface area contributed by atoms with Gasteiger partial charge in [-0.2, -0.15) is 4.68 Å². The number of hydrogen-bond donors (Lipinski definition) is 2. The summed E-state index contributed by atoms with van der Waals surface area (Å²) in [6, 6.07) is 7.70. The fourth-order valence-corrected chi connectivity index (χ4v) is 1.91. The predicted molar refractivity (Wildman–Crippen MR) is 73.6 cm³/mol. The lowest BCUT2D eigenvalue weighted by atomic mass is 10.2. The normalized spacial score (nSPS) is 10.7. The van der Waals surface area contributed by atoms with Gasteiger partial charge in [0.25, 0.3) is 0 Å². The lowest BCUT2D eigenvalue weighted by Gasteiger charge is -2.09. The van der Waals surface area contributed by atoms with Crippen LogP contribution in [0.2, 0.25) is 0 Å². The van der Waals surface area contributed by atoms with Crippen LogP contribution in [0.3, 0.4) is 0 Å². The van der Waals surface area contributed by atoms with Gasteiger partial charge in [-0.05, 0) is 22.6 Å². The van der Waals surface area contributed by atoms with E-state index in [1.54, 1.807) is 15.6 Å². The predicted octanol–water partition coefficient (Wildman–Crippen LogP) is -0.142. The number of anilines is 1. The Kier molecular flexibility index (Phi) is 3.83. The molecule has 0 spiro atoms. The standard InChI is InChI=1S/C12H14N8O/c21-6-5-19-8-10(15-17-19)7-13-11-3-1-2-4-12(11)20-9-14-16-18-20/h1-4,8-9,13,21H,5-7H2. The molecule has 2 aromatic heterocycles. The molecule has 0 aliphatic carbocycles. The fourth-order valence-electron chi connectivity index (χ4n) is 1.91. The highest BCUT2D eigenvalue weighted by Gasteiger charge is 2.06. The van der Waals surface area contributed by atoms with Gasteiger partial charge < -0.3 is 10.4 Å². The maximum atomic E-state index is 8.85. The summed E-state index contributed by atoms with van der Waals surface area (Å²) in [6.45, 7) is 0.997. The SMILES string of the molecule is OCCn1cc(CNc2ccccc2-n2cnnn2)nn1. The van der Waals surface area contributed by atoms with Crippen LogP contribution in [0.5, 0.6) is 0 Å². The Labute approximate surface area is 120 Å². The minimum Gasteiger partial charge on any atom is -0.394 e. The summed E-state index contributed by atoms with van der Waals surface area (Å²) >= 11 is 0. The Bertz CT molecular complexity index is 693. The molecule has 0 aliphatic rings. The van der Waals surface area contributed by atoms with Crippen LogP contribution in [0, 0.1) is 0 Å². The van der Waals surface area contributed by atoms with Gasteiger partial charge >= 0.3 is 0 Å². The molecule has 0 amide bonds. The number of hydrogen-bond acceptors (Lipinski definition) is 7. The number of para-hydroxylation sites is 2. The number of aliphatic hydroxyl groups excluding tert-OH is 1. The van der Waals surface area contributed by atoms with Crippen LogP contribution >= 0.6 is 0 Å². The molecule has 0 saturated heterocycles. The second-order valence-electron chi connectivity index (χ2n) is 4.32. The zero-order valence-corrected chi connectivity index (χ0v) is 11.2. The van der Waals surface area contributed by atoms with Crippen molar-refractivity contribution in [2.45, 2.75) is 13.1 Å². The van der Waals surface area contributed by atoms with Gasteiger partial charge in [0.1, 0.15) is 12.0 Å². The number of aliphatic hydroxyl groups is 1. The van der Waals surface area contributed by atoms with Gasteiger partial charge in [0.2, 0.25) is 0 Å². The van der Waals surface area contributed by atoms with E-state index in [2.05, 4.69) is 31.2 Å². The van der Waals surface area contributed by atoms with Crippen molar-refractivity contribution in [1.82, 2.24) is 35.2 Å². The lowest BCUT2D eigenvalue weighted by molar-refractivity contribution is 0.268. The first-order valence-electron chi connectivity index (χ1n) is 6.43. The van der Waals surface area contributed by atoms with Crippen molar-refractivity contribution in [3.05, 3.63) is 42.5 Å². The summed E-state index contributed by atoms with van der Waals surface area (Å²) in [4.78, 5) is 0. The topological polar surface area (TPSA) is 107 Å². The molecular weight excluding hydrogens is 272 g/mol. The Morgan fingerprint density at radius 3 is 2.90 bits per heavy atom. The second kappa shape index (κ2) is 6.09. The van der Waals surface area contributed by atoms with Crippen molar-refractivity contribution in [3.8, 4) is 5.69 Å². The van der Waals surface area contributed by atoms with Crippen molar-refractivity contribution in [1.29, 1.82) is 0 Å². The second-order valence-corrected chi connectivity index (χ2v) is 4.32. The third-order valence-corrected chi connectivity index (χ3v) is 2.88. The smallest absolute Gasteiger partial charge is 0.143 e. The van der Waals surface area contributed by atoms with Crippen LogP contribution in [0.25, 0.3) is 5.69 Å². The average Bonchev–Trinajstić information content (AvgIpc) is 3.17. The van der Waals surface area contributed by atoms with Crippen LogP contribution in [0.4, 0.5) is 5.69 Å². The largest absolute Gasteiger partial charge is 0.394 e. The molecule has 2 N–H and O–H groups in total. The summed E-state index contributed by atoms with van der Waals surface area (Å²) in [7, 11) is 0. The van der Waals surface area contributed by atoms with Gasteiger partial charge in [-0.25, -0.2) is 4.68 Å². The van der Waals surface area contributed by atoms with Crippen molar-refractivity contribution in [2.24, 2.45) is 0 Å². The molecule has 0 saturated carbocycles. The van der Waals surface area contributed by atoms with Crippen LogP contribution in [0.15, 0.2) is 36.8 Å². The molecule has 1 aromatic carbocycles. The van der Waals surface area contributed by atoms with E-state index in [4.69, 9.17) is 5.11 Å². The van der Waals surface area contributed by atoms with Crippen molar-refractivity contribution in [3.63, 3.8) is 0 Å². The molecule has 3 rings (SSSR count). The van der Waals surface area contributed by atoms with Gasteiger partial charge in [0, 0.05) is 0 Å². The van der Waals surface area contributed by atoms with Crippen molar-refractivity contribution < 1.29 is 5.11 Å². The van der Waals surface area contributed by atoms with E-state index in [0.717, 1.165) is 17.1 Å². The molecule has 0 fully saturated rings. The zero-order valence-electron chi connectivity index (χ0n) is 11.2. The van der Waals surface area contributed by atoms with E-state index in [-0.39, 0.29) is 6.61 Å². The maximum Gasteiger partial charge on any atom is 0.143 e. The minimum absolute atomic E-state index is 0.0400. The van der Waals surface area contributed by atoms with Crippen LogP contribution < -0.4 is 5.32 Å². The molecule has 3 aromatic rings. The first kappa shape index (κ1) is 13.2. The Morgan fingerprint density at radius 2 is 2.10 bits per heavy atom. The average molecular weight is 286 g/mol. The molecule has 2 heterocycles. The highest BCUT2D eigenvalue weighted by atomic mass is 16.3. The molecule has 0 unspecified atom stereocenters. The van der Waals surface area contributed by atoms with E-state index in [9.17, 15) is 0 Å². The minimum atomic E-state index is 0.0400. The highest BCUT2D eigenvalue weighted by Crippen LogP contribution is 2.18. The number of nitrogens with zero attached hydrogens (tertiary/aromatic N) is 7. The lowest BCUT2D eigenvalue weighted by Crippen LogP contribution is -2.05. The Morgan fingerprint density at radius 1 is 1.19 bits per heavy atom. The number of tetrazole rings is 1. The van der Waals surface area contributed by atoms with Crippen molar-refractivity contribution in [2.75, 3.05) is 11.9 Å². The first-order valence-corrected chi connectivity index (χ1v) is 6.43. The first-order chi connectivity index (χ1) is 10.4. The van der Waals surface area contributed by atoms with Crippen LogP contribution in [-0.2, 0) is 13.1 Å². The number of rotatable bonds is 6. The maximum absolute atomic E-state index is 8.85. The van der Waals surface area contributed by atoms with Gasteiger partial charge in [0.15, 0.2) is 0 Å². The molecule has 108 valence electrons. The number of benzene rings is 1. The Balaban J connectivity index is 1.73. The summed E-state index contributed by atoms with van der Waals surface area (Å²) in [5.41, 5.74) is 2.53. The molecule has 0 radical (unpaired) electrons. The monoisotopic (exact) mass is 286 g/mol. The molecule has 21 heavy (non-hydrogen) atoms. The summed E-state index contributed by atoms with van der Waals surface area (Å²) in [5.74, 6) is 0. The third-order valence-electron chi connectivity index (χ3n) is 2.88. The molecule has 9 heteroatoms. The van der Waals surface area contributed by atoms with Crippen LogP contribution in [0.1, 0.15) is 5.69 Å². The van der Waals surface area contributed by atoms with Gasteiger partial charge in [0.05, 0.1) is 37.3 Å². The molecule has 0 bridgehead atoms. The van der Waals surface area contributed by atoms with Crippen molar-refractivity contribution >= 4 is 5.69 Å². The third kappa shape index (κ3) is 3.03. The Hall–Kier alpha value is -2.81. The van der Waals surface area contributed by atoms with E-state index in [1.807, 2.05) is 24.3 Å². The van der Waals surface area contributed by atoms with Gasteiger partial charge in [-0.3, -0.25) is 0 Å². The molecule has 9 nitrogen and oxygen atoms in total. The molecule has 0 atom stereocenters.